The van der Waals surface area contributed by atoms with Gasteiger partial charge >= 0.3 is 0 Å². The molecule has 0 aromatic heterocycles. The molecule has 0 fully saturated rings. The van der Waals surface area contributed by atoms with Crippen LogP contribution in [-0.2, 0) is 4.79 Å². The summed E-state index contributed by atoms with van der Waals surface area (Å²) < 4.78 is 0. The molecule has 0 saturated heterocycles. The zero-order valence-corrected chi connectivity index (χ0v) is 14.8. The van der Waals surface area contributed by atoms with Gasteiger partial charge in [0.1, 0.15) is 6.04 Å². The van der Waals surface area contributed by atoms with E-state index in [0.29, 0.717) is 30.5 Å². The normalized spacial score (nSPS) is 15.9. The molecule has 1 aromatic carbocycles. The van der Waals surface area contributed by atoms with Crippen molar-refractivity contribution in [2.45, 2.75) is 45.6 Å². The monoisotopic (exact) mass is 346 g/mol. The highest BCUT2D eigenvalue weighted by molar-refractivity contribution is 6.22. The molecule has 0 bridgehead atoms. The minimum Gasteiger partial charge on any atom is -0.396 e. The van der Waals surface area contributed by atoms with Crippen LogP contribution in [0.1, 0.15) is 60.2 Å². The third-order valence-electron chi connectivity index (χ3n) is 4.69. The predicted molar refractivity (Wildman–Crippen MR) is 94.1 cm³/mol. The second-order valence-corrected chi connectivity index (χ2v) is 6.43. The van der Waals surface area contributed by atoms with Crippen molar-refractivity contribution in [2.24, 2.45) is 5.92 Å². The van der Waals surface area contributed by atoms with E-state index in [1.165, 1.54) is 0 Å². The molecule has 3 amide bonds. The van der Waals surface area contributed by atoms with Crippen molar-refractivity contribution in [1.29, 1.82) is 0 Å². The van der Waals surface area contributed by atoms with Crippen LogP contribution in [0.2, 0.25) is 0 Å². The van der Waals surface area contributed by atoms with Crippen LogP contribution in [0.4, 0.5) is 0 Å². The molecule has 1 heterocycles. The van der Waals surface area contributed by atoms with Gasteiger partial charge in [0, 0.05) is 13.2 Å². The van der Waals surface area contributed by atoms with Gasteiger partial charge < -0.3 is 10.4 Å². The summed E-state index contributed by atoms with van der Waals surface area (Å²) >= 11 is 0. The minimum atomic E-state index is -0.810. The van der Waals surface area contributed by atoms with Gasteiger partial charge in [0.15, 0.2) is 0 Å². The van der Waals surface area contributed by atoms with Crippen LogP contribution in [0.5, 0.6) is 0 Å². The SMILES string of the molecule is CCC(C)C(C(=O)NCCCCCO)N1C(=O)c2ccccc2C1=O. The number of nitrogens with zero attached hydrogens (tertiary/aromatic N) is 1. The first-order valence-corrected chi connectivity index (χ1v) is 8.88. The number of aliphatic hydroxyl groups excluding tert-OH is 1. The number of amides is 3. The number of nitrogens with one attached hydrogen (secondary N) is 1. The van der Waals surface area contributed by atoms with Crippen molar-refractivity contribution < 1.29 is 19.5 Å². The van der Waals surface area contributed by atoms with E-state index in [1.807, 2.05) is 13.8 Å². The maximum absolute atomic E-state index is 12.7. The van der Waals surface area contributed by atoms with Crippen molar-refractivity contribution >= 4 is 17.7 Å². The van der Waals surface area contributed by atoms with Crippen molar-refractivity contribution in [1.82, 2.24) is 10.2 Å². The summed E-state index contributed by atoms with van der Waals surface area (Å²) in [6, 6.07) is 5.86. The molecule has 2 rings (SSSR count). The molecule has 6 heteroatoms. The molecule has 2 atom stereocenters. The van der Waals surface area contributed by atoms with Crippen molar-refractivity contribution in [3.8, 4) is 0 Å². The Balaban J connectivity index is 2.14. The van der Waals surface area contributed by atoms with E-state index >= 15 is 0 Å². The Morgan fingerprint density at radius 1 is 1.12 bits per heavy atom. The molecule has 6 nitrogen and oxygen atoms in total. The van der Waals surface area contributed by atoms with Gasteiger partial charge in [-0.25, -0.2) is 0 Å². The zero-order valence-electron chi connectivity index (χ0n) is 14.8. The summed E-state index contributed by atoms with van der Waals surface area (Å²) in [6.07, 6.45) is 2.94. The minimum absolute atomic E-state index is 0.137. The zero-order chi connectivity index (χ0) is 18.4. The van der Waals surface area contributed by atoms with Gasteiger partial charge in [0.2, 0.25) is 5.91 Å². The Labute approximate surface area is 148 Å². The van der Waals surface area contributed by atoms with E-state index in [4.69, 9.17) is 5.11 Å². The van der Waals surface area contributed by atoms with E-state index in [1.54, 1.807) is 24.3 Å². The Kier molecular flexibility index (Phi) is 6.70. The lowest BCUT2D eigenvalue weighted by Gasteiger charge is -2.29. The average molecular weight is 346 g/mol. The van der Waals surface area contributed by atoms with Crippen LogP contribution in [-0.4, -0.2) is 46.9 Å². The van der Waals surface area contributed by atoms with E-state index in [9.17, 15) is 14.4 Å². The maximum Gasteiger partial charge on any atom is 0.262 e. The van der Waals surface area contributed by atoms with Crippen LogP contribution in [0.15, 0.2) is 24.3 Å². The molecule has 25 heavy (non-hydrogen) atoms. The lowest BCUT2D eigenvalue weighted by atomic mass is 9.96. The first-order chi connectivity index (χ1) is 12.0. The van der Waals surface area contributed by atoms with Gasteiger partial charge in [-0.15, -0.1) is 0 Å². The third-order valence-corrected chi connectivity index (χ3v) is 4.69. The quantitative estimate of drug-likeness (QED) is 0.529. The number of hydrogen-bond acceptors (Lipinski definition) is 4. The van der Waals surface area contributed by atoms with Crippen LogP contribution in [0, 0.1) is 5.92 Å². The van der Waals surface area contributed by atoms with E-state index in [0.717, 1.165) is 17.7 Å². The molecule has 2 unspecified atom stereocenters. The van der Waals surface area contributed by atoms with Crippen molar-refractivity contribution in [3.63, 3.8) is 0 Å². The molecule has 0 spiro atoms. The molecule has 1 aliphatic rings. The van der Waals surface area contributed by atoms with Gasteiger partial charge in [-0.3, -0.25) is 19.3 Å². The Morgan fingerprint density at radius 3 is 2.24 bits per heavy atom. The smallest absolute Gasteiger partial charge is 0.262 e. The van der Waals surface area contributed by atoms with Crippen LogP contribution in [0.25, 0.3) is 0 Å². The number of imide groups is 1. The lowest BCUT2D eigenvalue weighted by Crippen LogP contribution is -2.52. The topological polar surface area (TPSA) is 86.7 Å². The Morgan fingerprint density at radius 2 is 1.72 bits per heavy atom. The summed E-state index contributed by atoms with van der Waals surface area (Å²) in [5.74, 6) is -1.24. The molecule has 2 N–H and O–H groups in total. The molecule has 0 saturated carbocycles. The molecular weight excluding hydrogens is 320 g/mol. The highest BCUT2D eigenvalue weighted by Gasteiger charge is 2.44. The van der Waals surface area contributed by atoms with Crippen LogP contribution >= 0.6 is 0 Å². The number of unbranched alkanes of at least 4 members (excludes halogenated alkanes) is 2. The second kappa shape index (κ2) is 8.76. The highest BCUT2D eigenvalue weighted by atomic mass is 16.3. The highest BCUT2D eigenvalue weighted by Crippen LogP contribution is 2.28. The average Bonchev–Trinajstić information content (AvgIpc) is 2.87. The fourth-order valence-electron chi connectivity index (χ4n) is 3.04. The first kappa shape index (κ1) is 19.1. The van der Waals surface area contributed by atoms with Crippen LogP contribution < -0.4 is 5.32 Å². The molecule has 0 aliphatic carbocycles. The summed E-state index contributed by atoms with van der Waals surface area (Å²) in [4.78, 5) is 39.2. The standard InChI is InChI=1S/C19H26N2O4/c1-3-13(2)16(17(23)20-11-7-4-8-12-22)21-18(24)14-9-5-6-10-15(14)19(21)25/h5-6,9-10,13,16,22H,3-4,7-8,11-12H2,1-2H3,(H,20,23). The molecule has 136 valence electrons. The second-order valence-electron chi connectivity index (χ2n) is 6.43. The summed E-state index contributed by atoms with van der Waals surface area (Å²) in [5.41, 5.74) is 0.716. The molecule has 1 aliphatic heterocycles. The van der Waals surface area contributed by atoms with Crippen molar-refractivity contribution in [3.05, 3.63) is 35.4 Å². The van der Waals surface area contributed by atoms with Crippen LogP contribution in [0.3, 0.4) is 0 Å². The number of aliphatic hydroxyl groups is 1. The molecular formula is C19H26N2O4. The summed E-state index contributed by atoms with van der Waals surface area (Å²) in [5, 5.41) is 11.6. The maximum atomic E-state index is 12.7. The third kappa shape index (κ3) is 4.07. The summed E-state index contributed by atoms with van der Waals surface area (Å²) in [7, 11) is 0. The number of hydrogen-bond donors (Lipinski definition) is 2. The number of carbonyl (C=O) groups is 3. The van der Waals surface area contributed by atoms with Gasteiger partial charge in [-0.2, -0.15) is 0 Å². The Bertz CT molecular complexity index is 609. The number of fused-ring (bicyclic) bond motifs is 1. The number of rotatable bonds is 9. The number of carbonyl (C=O) groups excluding carboxylic acids is 3. The van der Waals surface area contributed by atoms with E-state index in [2.05, 4.69) is 5.32 Å². The lowest BCUT2D eigenvalue weighted by molar-refractivity contribution is -0.126. The molecule has 1 aromatic rings. The fourth-order valence-corrected chi connectivity index (χ4v) is 3.04. The molecule has 0 radical (unpaired) electrons. The van der Waals surface area contributed by atoms with E-state index < -0.39 is 17.9 Å². The van der Waals surface area contributed by atoms with Gasteiger partial charge in [0.25, 0.3) is 11.8 Å². The first-order valence-electron chi connectivity index (χ1n) is 8.88. The van der Waals surface area contributed by atoms with E-state index in [-0.39, 0.29) is 18.4 Å². The van der Waals surface area contributed by atoms with Crippen molar-refractivity contribution in [2.75, 3.05) is 13.2 Å². The summed E-state index contributed by atoms with van der Waals surface area (Å²) in [6.45, 7) is 4.41. The fraction of sp³-hybridized carbons (Fsp3) is 0.526. The number of benzene rings is 1. The Hall–Kier alpha value is -2.21. The van der Waals surface area contributed by atoms with Gasteiger partial charge in [0.05, 0.1) is 11.1 Å². The van der Waals surface area contributed by atoms with Gasteiger partial charge in [-0.05, 0) is 37.3 Å². The largest absolute Gasteiger partial charge is 0.396 e. The van der Waals surface area contributed by atoms with Gasteiger partial charge in [-0.1, -0.05) is 32.4 Å². The predicted octanol–water partition coefficient (Wildman–Crippen LogP) is 1.98.